The number of hydrogen-bond donors (Lipinski definition) is 0. The van der Waals surface area contributed by atoms with Crippen molar-refractivity contribution in [1.29, 1.82) is 0 Å². The first-order valence-electron chi connectivity index (χ1n) is 6.69. The molecular formula is C14H15ClN4O2. The van der Waals surface area contributed by atoms with Crippen LogP contribution in [0.3, 0.4) is 0 Å². The van der Waals surface area contributed by atoms with Crippen molar-refractivity contribution in [1.82, 2.24) is 19.4 Å². The van der Waals surface area contributed by atoms with Crippen molar-refractivity contribution in [3.8, 4) is 0 Å². The van der Waals surface area contributed by atoms with Crippen LogP contribution in [0.5, 0.6) is 0 Å². The molecule has 110 valence electrons. The van der Waals surface area contributed by atoms with Gasteiger partial charge in [-0.3, -0.25) is 19.1 Å². The molecule has 1 aliphatic rings. The lowest BCUT2D eigenvalue weighted by atomic mass is 10.2. The molecule has 0 N–H and O–H groups in total. The van der Waals surface area contributed by atoms with E-state index in [2.05, 4.69) is 9.97 Å². The number of pyridine rings is 1. The molecule has 3 heterocycles. The van der Waals surface area contributed by atoms with E-state index < -0.39 is 6.04 Å². The van der Waals surface area contributed by atoms with Crippen LogP contribution >= 0.6 is 11.6 Å². The summed E-state index contributed by atoms with van der Waals surface area (Å²) in [5, 5.41) is -0.382. The predicted molar refractivity (Wildman–Crippen MR) is 78.0 cm³/mol. The number of nitrogens with zero attached hydrogens (tertiary/aromatic N) is 4. The van der Waals surface area contributed by atoms with Gasteiger partial charge in [0.25, 0.3) is 5.91 Å². The van der Waals surface area contributed by atoms with E-state index in [0.717, 1.165) is 16.0 Å². The highest BCUT2D eigenvalue weighted by Gasteiger charge is 2.40. The third-order valence-corrected chi connectivity index (χ3v) is 4.03. The summed E-state index contributed by atoms with van der Waals surface area (Å²) in [5.41, 5.74) is 2.27. The maximum Gasteiger partial charge on any atom is 0.252 e. The lowest BCUT2D eigenvalue weighted by Crippen LogP contribution is -2.27. The van der Waals surface area contributed by atoms with Gasteiger partial charge in [0.05, 0.1) is 11.8 Å². The van der Waals surface area contributed by atoms with Gasteiger partial charge in [-0.25, -0.2) is 9.97 Å². The maximum atomic E-state index is 12.3. The summed E-state index contributed by atoms with van der Waals surface area (Å²) < 4.78 is 1.71. The number of rotatable bonds is 2. The molecule has 0 bridgehead atoms. The molecule has 7 heteroatoms. The largest absolute Gasteiger partial charge is 0.298 e. The van der Waals surface area contributed by atoms with Crippen LogP contribution in [0.2, 0.25) is 0 Å². The number of imidazole rings is 1. The summed E-state index contributed by atoms with van der Waals surface area (Å²) in [7, 11) is 1.49. The minimum Gasteiger partial charge on any atom is -0.298 e. The van der Waals surface area contributed by atoms with Gasteiger partial charge in [-0.05, 0) is 25.5 Å². The summed E-state index contributed by atoms with van der Waals surface area (Å²) in [4.78, 5) is 34.1. The van der Waals surface area contributed by atoms with Crippen molar-refractivity contribution >= 4 is 34.6 Å². The first-order valence-corrected chi connectivity index (χ1v) is 7.13. The molecule has 1 aliphatic heterocycles. The number of aryl methyl sites for hydroxylation is 1. The zero-order chi connectivity index (χ0) is 15.3. The Hall–Kier alpha value is -1.95. The molecule has 1 fully saturated rings. The number of imide groups is 1. The Morgan fingerprint density at radius 1 is 1.43 bits per heavy atom. The Kier molecular flexibility index (Phi) is 3.20. The number of likely N-dealkylation sites (N-methyl/N-ethyl adjacent to an activating group) is 1. The molecule has 21 heavy (non-hydrogen) atoms. The van der Waals surface area contributed by atoms with Crippen LogP contribution in [-0.4, -0.2) is 38.3 Å². The third-order valence-electron chi connectivity index (χ3n) is 3.83. The zero-order valence-electron chi connectivity index (χ0n) is 12.0. The van der Waals surface area contributed by atoms with Crippen molar-refractivity contribution in [2.24, 2.45) is 0 Å². The molecule has 0 radical (unpaired) electrons. The topological polar surface area (TPSA) is 68.1 Å². The molecule has 2 aromatic heterocycles. The second kappa shape index (κ2) is 4.80. The van der Waals surface area contributed by atoms with Crippen molar-refractivity contribution in [2.75, 3.05) is 7.05 Å². The highest BCUT2D eigenvalue weighted by molar-refractivity contribution is 6.20. The lowest BCUT2D eigenvalue weighted by molar-refractivity contribution is -0.137. The van der Waals surface area contributed by atoms with Crippen molar-refractivity contribution in [3.05, 3.63) is 23.7 Å². The van der Waals surface area contributed by atoms with Crippen molar-refractivity contribution in [2.45, 2.75) is 31.7 Å². The fourth-order valence-electron chi connectivity index (χ4n) is 2.65. The average molecular weight is 307 g/mol. The monoisotopic (exact) mass is 306 g/mol. The highest BCUT2D eigenvalue weighted by Crippen LogP contribution is 2.33. The summed E-state index contributed by atoms with van der Waals surface area (Å²) in [5.74, 6) is 0.115. The van der Waals surface area contributed by atoms with E-state index in [1.54, 1.807) is 17.7 Å². The van der Waals surface area contributed by atoms with Gasteiger partial charge in [-0.15, -0.1) is 11.6 Å². The fourth-order valence-corrected chi connectivity index (χ4v) is 2.81. The van der Waals surface area contributed by atoms with Crippen molar-refractivity contribution in [3.63, 3.8) is 0 Å². The van der Waals surface area contributed by atoms with Crippen LogP contribution in [0.15, 0.2) is 12.3 Å². The van der Waals surface area contributed by atoms with E-state index in [0.29, 0.717) is 11.5 Å². The van der Waals surface area contributed by atoms with Gasteiger partial charge >= 0.3 is 0 Å². The number of alkyl halides is 1. The summed E-state index contributed by atoms with van der Waals surface area (Å²) in [6.45, 7) is 3.72. The number of aromatic nitrogens is 3. The van der Waals surface area contributed by atoms with Crippen LogP contribution in [0.25, 0.3) is 11.2 Å². The summed E-state index contributed by atoms with van der Waals surface area (Å²) in [6.07, 6.45) is 1.79. The molecule has 3 rings (SSSR count). The summed E-state index contributed by atoms with van der Waals surface area (Å²) in [6, 6.07) is 1.24. The van der Waals surface area contributed by atoms with Crippen LogP contribution in [0.1, 0.15) is 36.2 Å². The molecule has 2 unspecified atom stereocenters. The van der Waals surface area contributed by atoms with E-state index in [9.17, 15) is 9.59 Å². The number of carbonyl (C=O) groups is 2. The van der Waals surface area contributed by atoms with Gasteiger partial charge in [0.2, 0.25) is 5.91 Å². The second-order valence-electron chi connectivity index (χ2n) is 5.27. The van der Waals surface area contributed by atoms with Gasteiger partial charge in [0.15, 0.2) is 5.65 Å². The normalized spacial score (nSPS) is 20.6. The van der Waals surface area contributed by atoms with Gasteiger partial charge in [0.1, 0.15) is 17.4 Å². The van der Waals surface area contributed by atoms with Crippen LogP contribution in [0, 0.1) is 6.92 Å². The smallest absolute Gasteiger partial charge is 0.252 e. The Morgan fingerprint density at radius 3 is 2.71 bits per heavy atom. The van der Waals surface area contributed by atoms with E-state index in [1.807, 2.05) is 13.0 Å². The third kappa shape index (κ3) is 2.01. The Bertz CT molecular complexity index is 753. The fraction of sp³-hybridized carbons (Fsp3) is 0.429. The molecule has 2 atom stereocenters. The van der Waals surface area contributed by atoms with Gasteiger partial charge < -0.3 is 0 Å². The second-order valence-corrected chi connectivity index (χ2v) is 5.92. The molecule has 6 nitrogen and oxygen atoms in total. The molecule has 2 aromatic rings. The van der Waals surface area contributed by atoms with Crippen LogP contribution < -0.4 is 0 Å². The minimum atomic E-state index is -0.613. The summed E-state index contributed by atoms with van der Waals surface area (Å²) >= 11 is 6.21. The number of fused-ring (bicyclic) bond motifs is 1. The Labute approximate surface area is 126 Å². The standard InChI is InChI=1S/C14H15ClN4O2/c1-7-4-5-16-13-11(7)17-12(8(2)15)19(13)9-6-10(20)18(3)14(9)21/h4-5,8-9H,6H2,1-3H3. The quantitative estimate of drug-likeness (QED) is 0.628. The number of amides is 2. The Balaban J connectivity index is 2.26. The first-order chi connectivity index (χ1) is 9.91. The average Bonchev–Trinajstić information content (AvgIpc) is 2.93. The Morgan fingerprint density at radius 2 is 2.14 bits per heavy atom. The van der Waals surface area contributed by atoms with Gasteiger partial charge in [-0.1, -0.05) is 0 Å². The number of carbonyl (C=O) groups excluding carboxylic acids is 2. The van der Waals surface area contributed by atoms with E-state index in [1.165, 1.54) is 7.05 Å². The van der Waals surface area contributed by atoms with Gasteiger partial charge in [0, 0.05) is 13.2 Å². The van der Waals surface area contributed by atoms with Crippen LogP contribution in [-0.2, 0) is 9.59 Å². The molecule has 0 aromatic carbocycles. The highest BCUT2D eigenvalue weighted by atomic mass is 35.5. The van der Waals surface area contributed by atoms with E-state index >= 15 is 0 Å². The number of hydrogen-bond acceptors (Lipinski definition) is 4. The first kappa shape index (κ1) is 14.0. The zero-order valence-corrected chi connectivity index (χ0v) is 12.8. The molecule has 1 saturated heterocycles. The molecule has 0 spiro atoms. The molecule has 0 aliphatic carbocycles. The molecular weight excluding hydrogens is 292 g/mol. The lowest BCUT2D eigenvalue weighted by Gasteiger charge is -2.15. The predicted octanol–water partition coefficient (Wildman–Crippen LogP) is 1.97. The van der Waals surface area contributed by atoms with Crippen molar-refractivity contribution < 1.29 is 9.59 Å². The maximum absolute atomic E-state index is 12.3. The molecule has 0 saturated carbocycles. The number of halogens is 1. The number of likely N-dealkylation sites (tertiary alicyclic amines) is 1. The van der Waals surface area contributed by atoms with Crippen LogP contribution in [0.4, 0.5) is 0 Å². The SMILES string of the molecule is Cc1ccnc2c1nc(C(C)Cl)n2C1CC(=O)N(C)C1=O. The van der Waals surface area contributed by atoms with Gasteiger partial charge in [-0.2, -0.15) is 0 Å². The minimum absolute atomic E-state index is 0.118. The van der Waals surface area contributed by atoms with E-state index in [4.69, 9.17) is 11.6 Å². The molecule has 2 amide bonds. The van der Waals surface area contributed by atoms with E-state index in [-0.39, 0.29) is 23.6 Å².